The topological polar surface area (TPSA) is 72.5 Å². The highest BCUT2D eigenvalue weighted by Crippen LogP contribution is 2.56. The number of carbonyl (C=O) groups is 1. The molecule has 238 valence electrons. The predicted octanol–water partition coefficient (Wildman–Crippen LogP) is 7.52. The number of fused-ring (bicyclic) bond motifs is 2. The molecule has 4 aliphatic rings. The monoisotopic (exact) mass is 612 g/mol. The Bertz CT molecular complexity index is 904. The zero-order valence-electron chi connectivity index (χ0n) is 28.1. The summed E-state index contributed by atoms with van der Waals surface area (Å²) < 4.78 is 41.5. The summed E-state index contributed by atoms with van der Waals surface area (Å²) in [6.07, 6.45) is 1.99. The van der Waals surface area contributed by atoms with E-state index < -0.39 is 22.7 Å². The van der Waals surface area contributed by atoms with Gasteiger partial charge in [0.05, 0.1) is 37.1 Å². The number of ketones is 1. The van der Waals surface area contributed by atoms with Gasteiger partial charge < -0.3 is 27.5 Å². The second kappa shape index (κ2) is 12.0. The Labute approximate surface area is 252 Å². The van der Waals surface area contributed by atoms with E-state index in [0.29, 0.717) is 13.0 Å². The molecule has 0 N–H and O–H groups in total. The van der Waals surface area contributed by atoms with Crippen LogP contribution < -0.4 is 0 Å². The molecular formula is C32H60O7Si2. The van der Waals surface area contributed by atoms with E-state index in [1.165, 1.54) is 0 Å². The molecule has 4 fully saturated rings. The molecule has 4 heterocycles. The van der Waals surface area contributed by atoms with Crippen molar-refractivity contribution in [2.24, 2.45) is 11.8 Å². The molecule has 0 saturated carbocycles. The van der Waals surface area contributed by atoms with Crippen LogP contribution in [0.3, 0.4) is 0 Å². The van der Waals surface area contributed by atoms with Gasteiger partial charge in [-0.05, 0) is 36.9 Å². The van der Waals surface area contributed by atoms with Crippen LogP contribution in [0.15, 0.2) is 0 Å². The first-order valence-electron chi connectivity index (χ1n) is 16.4. The largest absolute Gasteiger partial charge is 0.411 e. The third-order valence-corrected chi connectivity index (χ3v) is 20.4. The van der Waals surface area contributed by atoms with Crippen LogP contribution in [-0.4, -0.2) is 71.7 Å². The molecule has 0 aromatic carbocycles. The Kier molecular flexibility index (Phi) is 9.87. The molecule has 0 radical (unpaired) electrons. The molecule has 7 nitrogen and oxygen atoms in total. The second-order valence-corrected chi connectivity index (χ2v) is 25.3. The minimum absolute atomic E-state index is 0.0213. The van der Waals surface area contributed by atoms with E-state index in [0.717, 1.165) is 37.4 Å². The van der Waals surface area contributed by atoms with Gasteiger partial charge in [0, 0.05) is 35.8 Å². The lowest BCUT2D eigenvalue weighted by atomic mass is 9.78. The lowest BCUT2D eigenvalue weighted by Gasteiger charge is -2.60. The number of rotatable bonds is 7. The summed E-state index contributed by atoms with van der Waals surface area (Å²) in [6.45, 7) is 27.1. The van der Waals surface area contributed by atoms with Crippen LogP contribution in [0.1, 0.15) is 109 Å². The zero-order chi connectivity index (χ0) is 30.6. The van der Waals surface area contributed by atoms with Crippen LogP contribution >= 0.6 is 0 Å². The van der Waals surface area contributed by atoms with Gasteiger partial charge in [0.2, 0.25) is 0 Å². The highest BCUT2D eigenvalue weighted by molar-refractivity contribution is 6.74. The van der Waals surface area contributed by atoms with Crippen LogP contribution in [0, 0.1) is 11.8 Å². The SMILES string of the molecule is CC[Si](CC)(CC)O[C@@H]1[C@H](CC(C)=O)O[C@]2(C[C@H](C)[C@@H]3O[C@@H]4CO[Si](C(C)(C)C)(C(C)(C)C)O[C@@H]4C[C@@H]3O2)C[C@@H]1C. The minimum Gasteiger partial charge on any atom is -0.411 e. The van der Waals surface area contributed by atoms with Gasteiger partial charge in [-0.3, -0.25) is 4.79 Å². The maximum atomic E-state index is 12.5. The van der Waals surface area contributed by atoms with Crippen molar-refractivity contribution in [3.63, 3.8) is 0 Å². The fourth-order valence-corrected chi connectivity index (χ4v) is 16.5. The van der Waals surface area contributed by atoms with Gasteiger partial charge >= 0.3 is 8.56 Å². The van der Waals surface area contributed by atoms with Crippen molar-refractivity contribution < 1.29 is 32.3 Å². The molecule has 4 aliphatic heterocycles. The molecule has 9 atom stereocenters. The van der Waals surface area contributed by atoms with E-state index in [1.54, 1.807) is 6.92 Å². The summed E-state index contributed by atoms with van der Waals surface area (Å²) in [5.41, 5.74) is 0. The molecule has 0 unspecified atom stereocenters. The fraction of sp³-hybridized carbons (Fsp3) is 0.969. The summed E-state index contributed by atoms with van der Waals surface area (Å²) in [7, 11) is -4.50. The molecule has 0 aromatic rings. The van der Waals surface area contributed by atoms with E-state index >= 15 is 0 Å². The molecular weight excluding hydrogens is 553 g/mol. The van der Waals surface area contributed by atoms with Gasteiger partial charge in [0.15, 0.2) is 14.1 Å². The van der Waals surface area contributed by atoms with E-state index in [4.69, 9.17) is 27.5 Å². The van der Waals surface area contributed by atoms with E-state index in [2.05, 4.69) is 76.2 Å². The third-order valence-electron chi connectivity index (χ3n) is 10.6. The molecule has 4 rings (SSSR count). The van der Waals surface area contributed by atoms with Gasteiger partial charge in [-0.25, -0.2) is 0 Å². The van der Waals surface area contributed by atoms with Gasteiger partial charge in [-0.15, -0.1) is 0 Å². The molecule has 0 aromatic heterocycles. The number of Topliss-reactive ketones (excluding diaryl/α,β-unsaturated/α-hetero) is 1. The molecule has 1 spiro atoms. The Morgan fingerprint density at radius 3 is 2.02 bits per heavy atom. The number of hydrogen-bond acceptors (Lipinski definition) is 7. The number of hydrogen-bond donors (Lipinski definition) is 0. The Morgan fingerprint density at radius 2 is 1.49 bits per heavy atom. The highest BCUT2D eigenvalue weighted by Gasteiger charge is 2.64. The van der Waals surface area contributed by atoms with E-state index in [1.807, 2.05) is 0 Å². The van der Waals surface area contributed by atoms with Crippen LogP contribution in [0.5, 0.6) is 0 Å². The minimum atomic E-state index is -2.62. The van der Waals surface area contributed by atoms with Crippen LogP contribution in [-0.2, 0) is 32.3 Å². The predicted molar refractivity (Wildman–Crippen MR) is 167 cm³/mol. The van der Waals surface area contributed by atoms with Crippen molar-refractivity contribution in [3.05, 3.63) is 0 Å². The van der Waals surface area contributed by atoms with Crippen molar-refractivity contribution in [2.75, 3.05) is 6.61 Å². The zero-order valence-corrected chi connectivity index (χ0v) is 30.1. The summed E-state index contributed by atoms with van der Waals surface area (Å²) >= 11 is 0. The van der Waals surface area contributed by atoms with E-state index in [-0.39, 0.29) is 64.3 Å². The summed E-state index contributed by atoms with van der Waals surface area (Å²) in [5, 5.41) is -0.167. The molecule has 9 heteroatoms. The Balaban J connectivity index is 1.57. The Hall–Kier alpha value is -0.136. The molecule has 0 amide bonds. The quantitative estimate of drug-likeness (QED) is 0.275. The van der Waals surface area contributed by atoms with Crippen molar-refractivity contribution in [1.82, 2.24) is 0 Å². The van der Waals surface area contributed by atoms with Gasteiger partial charge in [0.1, 0.15) is 11.9 Å². The van der Waals surface area contributed by atoms with E-state index in [9.17, 15) is 4.79 Å². The third kappa shape index (κ3) is 6.35. The maximum Gasteiger partial charge on any atom is 0.349 e. The van der Waals surface area contributed by atoms with Crippen LogP contribution in [0.2, 0.25) is 28.2 Å². The highest BCUT2D eigenvalue weighted by atomic mass is 28.4. The van der Waals surface area contributed by atoms with Gasteiger partial charge in [0.25, 0.3) is 0 Å². The summed E-state index contributed by atoms with van der Waals surface area (Å²) in [5.74, 6) is -0.121. The average molecular weight is 613 g/mol. The second-order valence-electron chi connectivity index (χ2n) is 15.8. The van der Waals surface area contributed by atoms with Gasteiger partial charge in [-0.2, -0.15) is 0 Å². The molecule has 0 bridgehead atoms. The van der Waals surface area contributed by atoms with Crippen LogP contribution in [0.4, 0.5) is 0 Å². The molecule has 4 saturated heterocycles. The summed E-state index contributed by atoms with van der Waals surface area (Å²) in [4.78, 5) is 12.5. The van der Waals surface area contributed by atoms with Crippen molar-refractivity contribution >= 4 is 22.7 Å². The standard InChI is InChI=1S/C32H60O7Si2/c1-13-40(14-2,15-3)39-29-22(5)19-32(36-25(29)16-23(6)33)18-21(4)28-26(37-32)17-24-27(35-28)20-34-41(38-24,30(7,8)9)31(10,11)12/h21-22,24-29H,13-20H2,1-12H3/t21-,22-,24+,25-,26-,27+,28-,29-,32-/m0/s1. The van der Waals surface area contributed by atoms with Gasteiger partial charge in [-0.1, -0.05) is 76.2 Å². The lowest BCUT2D eigenvalue weighted by Crippen LogP contribution is -2.69. The first kappa shape index (κ1) is 33.8. The normalized spacial score (nSPS) is 39.7. The van der Waals surface area contributed by atoms with Crippen molar-refractivity contribution in [2.45, 2.75) is 179 Å². The van der Waals surface area contributed by atoms with Crippen molar-refractivity contribution in [3.8, 4) is 0 Å². The first-order valence-corrected chi connectivity index (χ1v) is 20.8. The molecule has 41 heavy (non-hydrogen) atoms. The first-order chi connectivity index (χ1) is 18.9. The van der Waals surface area contributed by atoms with Crippen molar-refractivity contribution in [1.29, 1.82) is 0 Å². The average Bonchev–Trinajstić information content (AvgIpc) is 2.86. The lowest BCUT2D eigenvalue weighted by molar-refractivity contribution is -0.375. The molecule has 0 aliphatic carbocycles. The Morgan fingerprint density at radius 1 is 0.902 bits per heavy atom. The smallest absolute Gasteiger partial charge is 0.349 e. The number of carbonyl (C=O) groups excluding carboxylic acids is 1. The number of ether oxygens (including phenoxy) is 3. The summed E-state index contributed by atoms with van der Waals surface area (Å²) in [6, 6.07) is 3.24. The fourth-order valence-electron chi connectivity index (χ4n) is 8.56. The maximum absolute atomic E-state index is 12.5. The van der Waals surface area contributed by atoms with Crippen LogP contribution in [0.25, 0.3) is 0 Å².